The second-order valence-corrected chi connectivity index (χ2v) is 12.6. The van der Waals surface area contributed by atoms with Gasteiger partial charge in [0.2, 0.25) is 0 Å². The predicted molar refractivity (Wildman–Crippen MR) is 179 cm³/mol. The highest BCUT2D eigenvalue weighted by Crippen LogP contribution is 2.34. The third-order valence-electron chi connectivity index (χ3n) is 8.49. The van der Waals surface area contributed by atoms with Crippen LogP contribution in [0.4, 0.5) is 9.59 Å². The molecule has 8 atom stereocenters. The molecule has 0 radical (unpaired) electrons. The number of hydrogen-bond donors (Lipinski definition) is 9. The minimum atomic E-state index is -2.36. The molecular weight excluding hydrogens is 684 g/mol. The van der Waals surface area contributed by atoms with E-state index in [-0.39, 0.29) is 24.1 Å². The number of rotatable bonds is 16. The SMILES string of the molecule is CN[C@H](CNC(=O)N1CCC[C@@H]([C@@H](OCCNC(=O)OC)c2cccc(Cl)c2)C1)C[C@H]1CCCOC1.O=C(O)[C@@H](O)[C@H](O)[C@H](O)[C@@H](O)C(=O)O. The van der Waals surface area contributed by atoms with E-state index >= 15 is 0 Å². The molecule has 1 aromatic carbocycles. The molecule has 0 spiro atoms. The summed E-state index contributed by atoms with van der Waals surface area (Å²) in [7, 11) is 3.27. The van der Waals surface area contributed by atoms with Gasteiger partial charge < -0.3 is 65.7 Å². The molecule has 9 N–H and O–H groups in total. The van der Waals surface area contributed by atoms with Crippen molar-refractivity contribution >= 4 is 35.7 Å². The number of carboxylic acids is 2. The first kappa shape index (κ1) is 42.9. The van der Waals surface area contributed by atoms with Gasteiger partial charge in [-0.15, -0.1) is 0 Å². The maximum atomic E-state index is 13.1. The lowest BCUT2D eigenvalue weighted by Gasteiger charge is -2.37. The van der Waals surface area contributed by atoms with Crippen molar-refractivity contribution in [2.45, 2.75) is 68.7 Å². The van der Waals surface area contributed by atoms with E-state index in [1.165, 1.54) is 13.5 Å². The third kappa shape index (κ3) is 14.5. The Morgan fingerprint density at radius 3 is 2.26 bits per heavy atom. The smallest absolute Gasteiger partial charge is 0.406 e. The van der Waals surface area contributed by atoms with Crippen molar-refractivity contribution in [3.05, 3.63) is 34.9 Å². The molecule has 0 aromatic heterocycles. The molecule has 284 valence electrons. The zero-order valence-electron chi connectivity index (χ0n) is 28.3. The molecule has 2 fully saturated rings. The van der Waals surface area contributed by atoms with E-state index in [9.17, 15) is 19.2 Å². The van der Waals surface area contributed by atoms with E-state index in [0.29, 0.717) is 37.2 Å². The normalized spacial score (nSPS) is 21.2. The molecular formula is C32H51ClN4O13. The zero-order valence-corrected chi connectivity index (χ0v) is 29.0. The molecule has 3 amide bonds. The molecule has 0 aliphatic carbocycles. The van der Waals surface area contributed by atoms with Gasteiger partial charge in [0.15, 0.2) is 12.2 Å². The first-order valence-corrected chi connectivity index (χ1v) is 16.8. The molecule has 2 heterocycles. The van der Waals surface area contributed by atoms with E-state index in [1.807, 2.05) is 36.2 Å². The van der Waals surface area contributed by atoms with Crippen LogP contribution in [0, 0.1) is 11.8 Å². The number of hydrogen-bond acceptors (Lipinski definition) is 12. The minimum Gasteiger partial charge on any atom is -0.479 e. The highest BCUT2D eigenvalue weighted by Gasteiger charge is 2.37. The van der Waals surface area contributed by atoms with Gasteiger partial charge in [-0.05, 0) is 62.8 Å². The Kier molecular flexibility index (Phi) is 19.3. The van der Waals surface area contributed by atoms with Gasteiger partial charge in [0.05, 0.1) is 19.8 Å². The van der Waals surface area contributed by atoms with Crippen molar-refractivity contribution in [1.82, 2.24) is 20.9 Å². The van der Waals surface area contributed by atoms with E-state index < -0.39 is 42.4 Å². The second kappa shape index (κ2) is 22.5. The van der Waals surface area contributed by atoms with E-state index in [2.05, 4.69) is 20.7 Å². The molecule has 0 bridgehead atoms. The number of methoxy groups -OCH3 is 1. The molecule has 17 nitrogen and oxygen atoms in total. The lowest BCUT2D eigenvalue weighted by molar-refractivity contribution is -0.172. The number of carbonyl (C=O) groups is 4. The number of carboxylic acid groups (broad SMARTS) is 2. The van der Waals surface area contributed by atoms with E-state index in [0.717, 1.165) is 51.0 Å². The highest BCUT2D eigenvalue weighted by molar-refractivity contribution is 6.30. The van der Waals surface area contributed by atoms with Crippen molar-refractivity contribution in [1.29, 1.82) is 0 Å². The van der Waals surface area contributed by atoms with Crippen LogP contribution in [-0.4, -0.2) is 150 Å². The van der Waals surface area contributed by atoms with Crippen molar-refractivity contribution in [2.75, 3.05) is 60.2 Å². The number of amides is 3. The van der Waals surface area contributed by atoms with Crippen LogP contribution in [0.15, 0.2) is 24.3 Å². The van der Waals surface area contributed by atoms with Gasteiger partial charge in [-0.3, -0.25) is 0 Å². The molecule has 0 saturated carbocycles. The monoisotopic (exact) mass is 734 g/mol. The number of aliphatic hydroxyl groups is 4. The number of halogens is 1. The number of piperidine rings is 1. The second-order valence-electron chi connectivity index (χ2n) is 12.2. The predicted octanol–water partition coefficient (Wildman–Crippen LogP) is 0.179. The minimum absolute atomic E-state index is 0.0444. The van der Waals surface area contributed by atoms with Crippen LogP contribution in [0.25, 0.3) is 0 Å². The zero-order chi connectivity index (χ0) is 37.2. The standard InChI is InChI=1S/C26H41ClN4O5.C6H10O8/c1-28-23(14-19-6-5-12-35-18-19)16-30-25(32)31-11-4-8-21(17-31)24(20-7-3-9-22(27)15-20)36-13-10-29-26(33)34-2;7-1(3(9)5(11)12)2(8)4(10)6(13)14/h3,7,9,15,19,21,23-24,28H,4-6,8,10-14,16-18H2,1-2H3,(H,29,33)(H,30,32);1-4,7-10H,(H,11,12)(H,13,14)/t19-,21-,23+,24+;1-,2+,3+,4-/m1./s1. The van der Waals surface area contributed by atoms with Crippen molar-refractivity contribution in [2.24, 2.45) is 11.8 Å². The Hall–Kier alpha value is -3.29. The summed E-state index contributed by atoms with van der Waals surface area (Å²) in [6.07, 6.45) is -4.90. The van der Waals surface area contributed by atoms with Crippen LogP contribution in [0.3, 0.4) is 0 Å². The Morgan fingerprint density at radius 1 is 1.02 bits per heavy atom. The number of aliphatic hydroxyl groups excluding tert-OH is 4. The van der Waals surface area contributed by atoms with Gasteiger partial charge in [-0.25, -0.2) is 19.2 Å². The van der Waals surface area contributed by atoms with Gasteiger partial charge in [-0.2, -0.15) is 0 Å². The fourth-order valence-corrected chi connectivity index (χ4v) is 5.93. The fraction of sp³-hybridized carbons (Fsp3) is 0.688. The summed E-state index contributed by atoms with van der Waals surface area (Å²) in [5.41, 5.74) is 0.970. The number of nitrogens with one attached hydrogen (secondary N) is 3. The first-order valence-electron chi connectivity index (χ1n) is 16.4. The highest BCUT2D eigenvalue weighted by atomic mass is 35.5. The van der Waals surface area contributed by atoms with Crippen LogP contribution in [0.2, 0.25) is 5.02 Å². The molecule has 3 rings (SSSR count). The van der Waals surface area contributed by atoms with Gasteiger partial charge in [0.1, 0.15) is 12.2 Å². The summed E-state index contributed by atoms with van der Waals surface area (Å²) < 4.78 is 16.5. The maximum Gasteiger partial charge on any atom is 0.406 e. The number of benzene rings is 1. The number of nitrogens with zero attached hydrogens (tertiary/aromatic N) is 1. The lowest BCUT2D eigenvalue weighted by atomic mass is 9.88. The number of ether oxygens (including phenoxy) is 3. The van der Waals surface area contributed by atoms with Crippen molar-refractivity contribution < 1.29 is 64.0 Å². The Balaban J connectivity index is 0.000000523. The van der Waals surface area contributed by atoms with Crippen LogP contribution in [0.5, 0.6) is 0 Å². The van der Waals surface area contributed by atoms with Crippen LogP contribution in [-0.2, 0) is 23.8 Å². The third-order valence-corrected chi connectivity index (χ3v) is 8.72. The Labute approximate surface area is 295 Å². The van der Waals surface area contributed by atoms with Crippen LogP contribution < -0.4 is 16.0 Å². The quantitative estimate of drug-likeness (QED) is 0.103. The van der Waals surface area contributed by atoms with E-state index in [4.69, 9.17) is 51.7 Å². The van der Waals surface area contributed by atoms with Crippen molar-refractivity contribution in [3.63, 3.8) is 0 Å². The van der Waals surface area contributed by atoms with Crippen molar-refractivity contribution in [3.8, 4) is 0 Å². The summed E-state index contributed by atoms with van der Waals surface area (Å²) in [4.78, 5) is 46.5. The topological polar surface area (TPSA) is 257 Å². The summed E-state index contributed by atoms with van der Waals surface area (Å²) >= 11 is 6.27. The van der Waals surface area contributed by atoms with Gasteiger partial charge >= 0.3 is 24.1 Å². The van der Waals surface area contributed by atoms with Gasteiger partial charge in [0.25, 0.3) is 0 Å². The molecule has 50 heavy (non-hydrogen) atoms. The van der Waals surface area contributed by atoms with Gasteiger partial charge in [0, 0.05) is 56.4 Å². The molecule has 18 heteroatoms. The summed E-state index contributed by atoms with van der Waals surface area (Å²) in [6.45, 7) is 4.21. The molecule has 0 unspecified atom stereocenters. The number of likely N-dealkylation sites (N-methyl/N-ethyl adjacent to an activating group) is 1. The number of urea groups is 1. The first-order chi connectivity index (χ1) is 23.8. The average molecular weight is 735 g/mol. The number of aliphatic carboxylic acids is 2. The number of alkyl carbamates (subject to hydrolysis) is 1. The molecule has 2 aliphatic heterocycles. The average Bonchev–Trinajstić information content (AvgIpc) is 3.12. The Bertz CT molecular complexity index is 1180. The van der Waals surface area contributed by atoms with Crippen LogP contribution in [0.1, 0.15) is 43.8 Å². The largest absolute Gasteiger partial charge is 0.479 e. The summed E-state index contributed by atoms with van der Waals surface area (Å²) in [5, 5.41) is 61.2. The van der Waals surface area contributed by atoms with E-state index in [1.54, 1.807) is 0 Å². The fourth-order valence-electron chi connectivity index (χ4n) is 5.73. The molecule has 1 aromatic rings. The summed E-state index contributed by atoms with van der Waals surface area (Å²) in [6, 6.07) is 7.81. The van der Waals surface area contributed by atoms with Crippen LogP contribution >= 0.6 is 11.6 Å². The lowest BCUT2D eigenvalue weighted by Crippen LogP contribution is -2.50. The number of carbonyl (C=O) groups excluding carboxylic acids is 2. The molecule has 2 saturated heterocycles. The Morgan fingerprint density at radius 2 is 1.70 bits per heavy atom. The van der Waals surface area contributed by atoms with Gasteiger partial charge in [-0.1, -0.05) is 23.7 Å². The maximum absolute atomic E-state index is 13.1. The summed E-state index contributed by atoms with van der Waals surface area (Å²) in [5.74, 6) is -3.03. The number of likely N-dealkylation sites (tertiary alicyclic amines) is 1. The molecule has 2 aliphatic rings.